The Morgan fingerprint density at radius 1 is 1.53 bits per heavy atom. The Labute approximate surface area is 125 Å². The van der Waals surface area contributed by atoms with E-state index in [0.717, 1.165) is 30.6 Å². The summed E-state index contributed by atoms with van der Waals surface area (Å²) in [7, 11) is 2.17. The lowest BCUT2D eigenvalue weighted by Gasteiger charge is -2.36. The Morgan fingerprint density at radius 3 is 2.89 bits per heavy atom. The molecule has 5 heteroatoms. The molecule has 0 spiro atoms. The summed E-state index contributed by atoms with van der Waals surface area (Å²) >= 11 is 11.1. The molecule has 0 amide bonds. The molecule has 1 saturated heterocycles. The maximum absolute atomic E-state index is 6.00. The largest absolute Gasteiger partial charge is 0.389 e. The Hall–Kier alpha value is -0.840. The second-order valence-electron chi connectivity index (χ2n) is 5.25. The van der Waals surface area contributed by atoms with Crippen LogP contribution in [0.15, 0.2) is 18.2 Å². The van der Waals surface area contributed by atoms with Gasteiger partial charge in [0.05, 0.1) is 0 Å². The number of nitrogens with two attached hydrogens (primary N) is 1. The van der Waals surface area contributed by atoms with Crippen LogP contribution in [0.4, 0.5) is 5.69 Å². The average Bonchev–Trinajstić information content (AvgIpc) is 2.36. The predicted molar refractivity (Wildman–Crippen MR) is 86.1 cm³/mol. The number of likely N-dealkylation sites (tertiary alicyclic amines) is 1. The lowest BCUT2D eigenvalue weighted by atomic mass is 9.98. The lowest BCUT2D eigenvalue weighted by Crippen LogP contribution is -2.42. The first-order chi connectivity index (χ1) is 8.97. The van der Waals surface area contributed by atoms with Crippen molar-refractivity contribution in [3.05, 3.63) is 28.8 Å². The van der Waals surface area contributed by atoms with E-state index in [9.17, 15) is 0 Å². The number of halogens is 1. The smallest absolute Gasteiger partial charge is 0.106 e. The van der Waals surface area contributed by atoms with Crippen molar-refractivity contribution in [1.29, 1.82) is 0 Å². The third-order valence-corrected chi connectivity index (χ3v) is 4.27. The van der Waals surface area contributed by atoms with Gasteiger partial charge in [0, 0.05) is 34.9 Å². The highest BCUT2D eigenvalue weighted by atomic mass is 35.5. The number of hydrogen-bond donors (Lipinski definition) is 2. The fraction of sp³-hybridized carbons (Fsp3) is 0.500. The summed E-state index contributed by atoms with van der Waals surface area (Å²) in [6.07, 6.45) is 2.25. The van der Waals surface area contributed by atoms with Crippen LogP contribution in [-0.4, -0.2) is 35.6 Å². The summed E-state index contributed by atoms with van der Waals surface area (Å²) in [5, 5.41) is 4.21. The second-order valence-corrected chi connectivity index (χ2v) is 6.13. The van der Waals surface area contributed by atoms with Gasteiger partial charge in [0.15, 0.2) is 0 Å². The van der Waals surface area contributed by atoms with Crippen LogP contribution in [0.5, 0.6) is 0 Å². The van der Waals surface area contributed by atoms with E-state index in [0.29, 0.717) is 22.1 Å². The maximum atomic E-state index is 6.00. The molecule has 1 heterocycles. The highest BCUT2D eigenvalue weighted by Gasteiger charge is 2.23. The molecule has 0 bridgehead atoms. The van der Waals surface area contributed by atoms with Crippen molar-refractivity contribution in [3.63, 3.8) is 0 Å². The zero-order valence-electron chi connectivity index (χ0n) is 11.3. The quantitative estimate of drug-likeness (QED) is 0.842. The van der Waals surface area contributed by atoms with Crippen molar-refractivity contribution in [1.82, 2.24) is 4.90 Å². The molecule has 3 nitrogen and oxygen atoms in total. The van der Waals surface area contributed by atoms with Crippen LogP contribution in [0.2, 0.25) is 5.02 Å². The maximum Gasteiger partial charge on any atom is 0.106 e. The Balaban J connectivity index is 2.13. The highest BCUT2D eigenvalue weighted by Crippen LogP contribution is 2.25. The predicted octanol–water partition coefficient (Wildman–Crippen LogP) is 2.87. The molecular weight excluding hydrogens is 278 g/mol. The Bertz CT molecular complexity index is 478. The van der Waals surface area contributed by atoms with Crippen molar-refractivity contribution in [2.75, 3.05) is 18.9 Å². The summed E-state index contributed by atoms with van der Waals surface area (Å²) in [6, 6.07) is 6.70. The SMILES string of the molecule is CC1CC(Nc2ccc(Cl)cc2C(N)=S)CCN1C. The second kappa shape index (κ2) is 6.07. The van der Waals surface area contributed by atoms with Crippen molar-refractivity contribution in [2.45, 2.75) is 31.8 Å². The van der Waals surface area contributed by atoms with Gasteiger partial charge in [0.2, 0.25) is 0 Å². The number of anilines is 1. The normalized spacial score (nSPS) is 24.2. The van der Waals surface area contributed by atoms with Gasteiger partial charge in [-0.2, -0.15) is 0 Å². The van der Waals surface area contributed by atoms with Crippen molar-refractivity contribution in [2.24, 2.45) is 5.73 Å². The van der Waals surface area contributed by atoms with Crippen LogP contribution < -0.4 is 11.1 Å². The van der Waals surface area contributed by atoms with Gasteiger partial charge in [-0.15, -0.1) is 0 Å². The molecule has 0 aromatic heterocycles. The lowest BCUT2D eigenvalue weighted by molar-refractivity contribution is 0.190. The number of benzene rings is 1. The van der Waals surface area contributed by atoms with E-state index in [-0.39, 0.29) is 0 Å². The molecule has 0 radical (unpaired) electrons. The first-order valence-corrected chi connectivity index (χ1v) is 7.32. The number of piperidine rings is 1. The van der Waals surface area contributed by atoms with Gasteiger partial charge in [-0.05, 0) is 45.0 Å². The first kappa shape index (κ1) is 14.6. The zero-order chi connectivity index (χ0) is 14.0. The van der Waals surface area contributed by atoms with Gasteiger partial charge in [-0.3, -0.25) is 0 Å². The molecule has 0 aliphatic carbocycles. The minimum Gasteiger partial charge on any atom is -0.389 e. The summed E-state index contributed by atoms with van der Waals surface area (Å²) in [5.74, 6) is 0. The van der Waals surface area contributed by atoms with E-state index < -0.39 is 0 Å². The number of thiocarbonyl (C=S) groups is 1. The molecule has 2 atom stereocenters. The van der Waals surface area contributed by atoms with Gasteiger partial charge >= 0.3 is 0 Å². The highest BCUT2D eigenvalue weighted by molar-refractivity contribution is 7.80. The standard InChI is InChI=1S/C14H20ClN3S/c1-9-7-11(5-6-18(9)2)17-13-4-3-10(15)8-12(13)14(16)19/h3-4,8-9,11,17H,5-7H2,1-2H3,(H2,16,19). The van der Waals surface area contributed by atoms with E-state index in [1.807, 2.05) is 18.2 Å². The van der Waals surface area contributed by atoms with Crippen LogP contribution in [-0.2, 0) is 0 Å². The van der Waals surface area contributed by atoms with Gasteiger partial charge < -0.3 is 16.0 Å². The number of nitrogens with one attached hydrogen (secondary N) is 1. The molecule has 2 unspecified atom stereocenters. The monoisotopic (exact) mass is 297 g/mol. The van der Waals surface area contributed by atoms with E-state index >= 15 is 0 Å². The molecule has 1 aromatic carbocycles. The minimum absolute atomic E-state index is 0.381. The van der Waals surface area contributed by atoms with E-state index in [2.05, 4.69) is 24.2 Å². The van der Waals surface area contributed by atoms with Gasteiger partial charge in [-0.1, -0.05) is 23.8 Å². The topological polar surface area (TPSA) is 41.3 Å². The molecular formula is C14H20ClN3S. The minimum atomic E-state index is 0.381. The van der Waals surface area contributed by atoms with Crippen LogP contribution in [0.1, 0.15) is 25.3 Å². The molecule has 1 aromatic rings. The van der Waals surface area contributed by atoms with Crippen LogP contribution >= 0.6 is 23.8 Å². The fourth-order valence-corrected chi connectivity index (χ4v) is 2.83. The molecule has 104 valence electrons. The first-order valence-electron chi connectivity index (χ1n) is 6.53. The third kappa shape index (κ3) is 3.59. The average molecular weight is 298 g/mol. The number of nitrogens with zero attached hydrogens (tertiary/aromatic N) is 1. The number of hydrogen-bond acceptors (Lipinski definition) is 3. The third-order valence-electron chi connectivity index (χ3n) is 3.82. The van der Waals surface area contributed by atoms with Crippen LogP contribution in [0.3, 0.4) is 0 Å². The van der Waals surface area contributed by atoms with Crippen LogP contribution in [0.25, 0.3) is 0 Å². The summed E-state index contributed by atoms with van der Waals surface area (Å²) in [6.45, 7) is 3.36. The van der Waals surface area contributed by atoms with Crippen molar-refractivity contribution in [3.8, 4) is 0 Å². The summed E-state index contributed by atoms with van der Waals surface area (Å²) < 4.78 is 0. The zero-order valence-corrected chi connectivity index (χ0v) is 12.9. The molecule has 1 fully saturated rings. The Morgan fingerprint density at radius 2 is 2.26 bits per heavy atom. The molecule has 0 saturated carbocycles. The molecule has 19 heavy (non-hydrogen) atoms. The Kier molecular flexibility index (Phi) is 4.66. The molecule has 1 aliphatic heterocycles. The van der Waals surface area contributed by atoms with Gasteiger partial charge in [0.25, 0.3) is 0 Å². The van der Waals surface area contributed by atoms with E-state index in [4.69, 9.17) is 29.6 Å². The van der Waals surface area contributed by atoms with Gasteiger partial charge in [-0.25, -0.2) is 0 Å². The van der Waals surface area contributed by atoms with Crippen molar-refractivity contribution < 1.29 is 0 Å². The fourth-order valence-electron chi connectivity index (χ4n) is 2.49. The van der Waals surface area contributed by atoms with E-state index in [1.54, 1.807) is 0 Å². The van der Waals surface area contributed by atoms with Crippen molar-refractivity contribution >= 4 is 34.5 Å². The van der Waals surface area contributed by atoms with E-state index in [1.165, 1.54) is 0 Å². The molecule has 3 N–H and O–H groups in total. The number of rotatable bonds is 3. The molecule has 2 rings (SSSR count). The molecule has 1 aliphatic rings. The summed E-state index contributed by atoms with van der Waals surface area (Å²) in [5.41, 5.74) is 7.58. The summed E-state index contributed by atoms with van der Waals surface area (Å²) in [4.78, 5) is 2.76. The van der Waals surface area contributed by atoms with Crippen LogP contribution in [0, 0.1) is 0 Å². The van der Waals surface area contributed by atoms with Gasteiger partial charge in [0.1, 0.15) is 4.99 Å².